The van der Waals surface area contributed by atoms with Crippen LogP contribution in [0.4, 0.5) is 0 Å². The summed E-state index contributed by atoms with van der Waals surface area (Å²) in [5.41, 5.74) is 4.95. The monoisotopic (exact) mass is 255 g/mol. The molecule has 1 saturated heterocycles. The van der Waals surface area contributed by atoms with Crippen LogP contribution in [0.1, 0.15) is 47.5 Å². The van der Waals surface area contributed by atoms with Crippen LogP contribution in [0.15, 0.2) is 0 Å². The summed E-state index contributed by atoms with van der Waals surface area (Å²) in [6.07, 6.45) is 2.41. The maximum atomic E-state index is 11.7. The van der Waals surface area contributed by atoms with Gasteiger partial charge in [-0.15, -0.1) is 0 Å². The Balaban J connectivity index is 2.69. The maximum Gasteiger partial charge on any atom is 0.238 e. The first-order valence-electron chi connectivity index (χ1n) is 7.06. The summed E-state index contributed by atoms with van der Waals surface area (Å²) >= 11 is 0. The predicted octanol–water partition coefficient (Wildman–Crippen LogP) is 1.35. The van der Waals surface area contributed by atoms with Gasteiger partial charge in [0.15, 0.2) is 0 Å². The molecule has 0 aromatic rings. The zero-order valence-electron chi connectivity index (χ0n) is 12.5. The van der Waals surface area contributed by atoms with Crippen LogP contribution in [0.2, 0.25) is 0 Å². The number of carbonyl (C=O) groups is 1. The third-order valence-corrected chi connectivity index (χ3v) is 3.95. The minimum Gasteiger partial charge on any atom is -0.368 e. The lowest BCUT2D eigenvalue weighted by Gasteiger charge is -2.42. The summed E-state index contributed by atoms with van der Waals surface area (Å²) in [7, 11) is 0. The van der Waals surface area contributed by atoms with E-state index in [0.29, 0.717) is 12.6 Å². The number of carbonyl (C=O) groups excluding carboxylic acids is 1. The lowest BCUT2D eigenvalue weighted by atomic mass is 9.90. The molecular weight excluding hydrogens is 226 g/mol. The summed E-state index contributed by atoms with van der Waals surface area (Å²) in [5.74, 6) is 0.524. The highest BCUT2D eigenvalue weighted by Gasteiger charge is 2.36. The number of amides is 1. The summed E-state index contributed by atoms with van der Waals surface area (Å²) in [6.45, 7) is 12.3. The molecule has 0 bridgehead atoms. The second kappa shape index (κ2) is 6.02. The highest BCUT2D eigenvalue weighted by atomic mass is 16.1. The summed E-state index contributed by atoms with van der Waals surface area (Å²) in [4.78, 5) is 14.1. The molecule has 3 N–H and O–H groups in total. The molecule has 0 aromatic carbocycles. The van der Waals surface area contributed by atoms with Crippen molar-refractivity contribution >= 4 is 5.91 Å². The molecule has 1 fully saturated rings. The van der Waals surface area contributed by atoms with E-state index in [4.69, 9.17) is 5.73 Å². The summed E-state index contributed by atoms with van der Waals surface area (Å²) in [5, 5.41) is 3.32. The Morgan fingerprint density at radius 3 is 2.56 bits per heavy atom. The van der Waals surface area contributed by atoms with E-state index < -0.39 is 5.54 Å². The number of nitrogens with two attached hydrogens (primary N) is 1. The van der Waals surface area contributed by atoms with Gasteiger partial charge >= 0.3 is 0 Å². The molecular formula is C14H29N3O. The number of primary amides is 1. The van der Waals surface area contributed by atoms with Crippen LogP contribution in [-0.2, 0) is 4.79 Å². The lowest BCUT2D eigenvalue weighted by Crippen LogP contribution is -2.62. The minimum absolute atomic E-state index is 0.251. The fourth-order valence-electron chi connectivity index (χ4n) is 2.93. The van der Waals surface area contributed by atoms with Crippen LogP contribution >= 0.6 is 0 Å². The second-order valence-corrected chi connectivity index (χ2v) is 6.44. The number of hydrogen-bond acceptors (Lipinski definition) is 3. The first kappa shape index (κ1) is 15.4. The number of likely N-dealkylation sites (tertiary alicyclic amines) is 1. The number of nitrogens with zero attached hydrogens (tertiary/aromatic N) is 1. The largest absolute Gasteiger partial charge is 0.368 e. The van der Waals surface area contributed by atoms with E-state index in [1.165, 1.54) is 12.8 Å². The van der Waals surface area contributed by atoms with Crippen LogP contribution in [0.25, 0.3) is 0 Å². The molecule has 1 rings (SSSR count). The molecule has 4 nitrogen and oxygen atoms in total. The predicted molar refractivity (Wildman–Crippen MR) is 75.3 cm³/mol. The highest BCUT2D eigenvalue weighted by Crippen LogP contribution is 2.23. The Hall–Kier alpha value is -0.610. The average molecular weight is 255 g/mol. The van der Waals surface area contributed by atoms with Gasteiger partial charge in [0.25, 0.3) is 0 Å². The van der Waals surface area contributed by atoms with Crippen LogP contribution in [0.3, 0.4) is 0 Å². The fraction of sp³-hybridized carbons (Fsp3) is 0.929. The summed E-state index contributed by atoms with van der Waals surface area (Å²) in [6, 6.07) is 0.780. The zero-order valence-corrected chi connectivity index (χ0v) is 12.5. The molecule has 1 aliphatic heterocycles. The van der Waals surface area contributed by atoms with Gasteiger partial charge in [0, 0.05) is 18.6 Å². The Labute approximate surface area is 111 Å². The first-order valence-corrected chi connectivity index (χ1v) is 7.06. The van der Waals surface area contributed by atoms with E-state index in [0.717, 1.165) is 12.5 Å². The van der Waals surface area contributed by atoms with Gasteiger partial charge < -0.3 is 11.1 Å². The van der Waals surface area contributed by atoms with Crippen molar-refractivity contribution in [3.8, 4) is 0 Å². The molecule has 1 aliphatic rings. The lowest BCUT2D eigenvalue weighted by molar-refractivity contribution is -0.125. The van der Waals surface area contributed by atoms with Crippen LogP contribution < -0.4 is 11.1 Å². The third-order valence-electron chi connectivity index (χ3n) is 3.95. The van der Waals surface area contributed by atoms with Crippen molar-refractivity contribution in [1.82, 2.24) is 10.2 Å². The van der Waals surface area contributed by atoms with Crippen LogP contribution in [0.5, 0.6) is 0 Å². The Morgan fingerprint density at radius 1 is 1.50 bits per heavy atom. The quantitative estimate of drug-likeness (QED) is 0.779. The Morgan fingerprint density at radius 2 is 2.11 bits per heavy atom. The zero-order chi connectivity index (χ0) is 13.9. The van der Waals surface area contributed by atoms with Crippen molar-refractivity contribution in [2.45, 2.75) is 65.1 Å². The van der Waals surface area contributed by atoms with Gasteiger partial charge in [-0.2, -0.15) is 0 Å². The van der Waals surface area contributed by atoms with Crippen LogP contribution in [0, 0.1) is 5.92 Å². The van der Waals surface area contributed by atoms with E-state index in [1.807, 2.05) is 20.8 Å². The van der Waals surface area contributed by atoms with E-state index >= 15 is 0 Å². The average Bonchev–Trinajstić information content (AvgIpc) is 2.21. The molecule has 106 valence electrons. The number of piperidine rings is 1. The van der Waals surface area contributed by atoms with Crippen molar-refractivity contribution in [2.24, 2.45) is 11.7 Å². The molecule has 0 radical (unpaired) electrons. The standard InChI is InChI=1S/C14H29N3O/c1-10(2)16-14(5,13(15)18)9-17-7-6-11(3)8-12(17)4/h10-12,16H,6-9H2,1-5H3,(H2,15,18). The Bertz CT molecular complexity index is 293. The molecule has 0 aromatic heterocycles. The van der Waals surface area contributed by atoms with E-state index in [-0.39, 0.29) is 11.9 Å². The minimum atomic E-state index is -0.636. The Kier molecular flexibility index (Phi) is 5.17. The van der Waals surface area contributed by atoms with Crippen molar-refractivity contribution in [1.29, 1.82) is 0 Å². The van der Waals surface area contributed by atoms with Crippen molar-refractivity contribution in [2.75, 3.05) is 13.1 Å². The number of hydrogen-bond donors (Lipinski definition) is 2. The van der Waals surface area contributed by atoms with Crippen molar-refractivity contribution in [3.63, 3.8) is 0 Å². The molecule has 4 heteroatoms. The van der Waals surface area contributed by atoms with Gasteiger partial charge in [0.05, 0.1) is 0 Å². The van der Waals surface area contributed by atoms with E-state index in [9.17, 15) is 4.79 Å². The van der Waals surface area contributed by atoms with Gasteiger partial charge in [-0.25, -0.2) is 0 Å². The molecule has 0 saturated carbocycles. The molecule has 1 heterocycles. The first-order chi connectivity index (χ1) is 8.24. The van der Waals surface area contributed by atoms with E-state index in [2.05, 4.69) is 24.1 Å². The third kappa shape index (κ3) is 3.95. The molecule has 0 spiro atoms. The van der Waals surface area contributed by atoms with Crippen molar-refractivity contribution in [3.05, 3.63) is 0 Å². The van der Waals surface area contributed by atoms with Gasteiger partial charge in [-0.05, 0) is 53.0 Å². The van der Waals surface area contributed by atoms with Gasteiger partial charge in [0.2, 0.25) is 5.91 Å². The molecule has 3 unspecified atom stereocenters. The smallest absolute Gasteiger partial charge is 0.238 e. The second-order valence-electron chi connectivity index (χ2n) is 6.44. The molecule has 1 amide bonds. The molecule has 18 heavy (non-hydrogen) atoms. The fourth-order valence-corrected chi connectivity index (χ4v) is 2.93. The maximum absolute atomic E-state index is 11.7. The number of nitrogens with one attached hydrogen (secondary N) is 1. The van der Waals surface area contributed by atoms with Gasteiger partial charge in [-0.3, -0.25) is 9.69 Å². The highest BCUT2D eigenvalue weighted by molar-refractivity contribution is 5.84. The summed E-state index contributed by atoms with van der Waals surface area (Å²) < 4.78 is 0. The normalized spacial score (nSPS) is 29.2. The topological polar surface area (TPSA) is 58.4 Å². The van der Waals surface area contributed by atoms with E-state index in [1.54, 1.807) is 0 Å². The van der Waals surface area contributed by atoms with Crippen LogP contribution in [-0.4, -0.2) is 41.5 Å². The number of rotatable bonds is 5. The van der Waals surface area contributed by atoms with Gasteiger partial charge in [0.1, 0.15) is 5.54 Å². The SMILES string of the molecule is CC1CCN(CC(C)(NC(C)C)C(N)=O)C(C)C1. The molecule has 0 aliphatic carbocycles. The van der Waals surface area contributed by atoms with Gasteiger partial charge in [-0.1, -0.05) is 6.92 Å². The molecule has 3 atom stereocenters. The van der Waals surface area contributed by atoms with Crippen molar-refractivity contribution < 1.29 is 4.79 Å².